The maximum Gasteiger partial charge on any atom is 0.382 e. The van der Waals surface area contributed by atoms with Gasteiger partial charge in [-0.25, -0.2) is 4.79 Å². The van der Waals surface area contributed by atoms with Crippen molar-refractivity contribution in [2.45, 2.75) is 6.23 Å². The standard InChI is InChI=1S/C25H19NO4/c1-26-21(17-11-5-2-6-12-17)20(22(27)18-13-7-3-8-14-18)23(28)25(29)30-24(26)19-15-9-4-10-16-19/h2-16,24H,1H3. The molecule has 0 N–H and O–H groups in total. The van der Waals surface area contributed by atoms with E-state index in [1.165, 1.54) is 0 Å². The van der Waals surface area contributed by atoms with Gasteiger partial charge in [0.15, 0.2) is 5.78 Å². The maximum absolute atomic E-state index is 13.4. The van der Waals surface area contributed by atoms with Gasteiger partial charge in [0, 0.05) is 18.2 Å². The molecular formula is C25H19NO4. The Balaban J connectivity index is 1.96. The predicted molar refractivity (Wildman–Crippen MR) is 112 cm³/mol. The van der Waals surface area contributed by atoms with E-state index in [0.29, 0.717) is 22.4 Å². The molecule has 0 saturated carbocycles. The van der Waals surface area contributed by atoms with E-state index in [9.17, 15) is 14.4 Å². The number of esters is 1. The summed E-state index contributed by atoms with van der Waals surface area (Å²) in [6, 6.07) is 26.7. The fourth-order valence-electron chi connectivity index (χ4n) is 3.54. The number of ether oxygens (including phenoxy) is 1. The number of cyclic esters (lactones) is 1. The van der Waals surface area contributed by atoms with Gasteiger partial charge in [0.2, 0.25) is 6.23 Å². The average molecular weight is 397 g/mol. The first kappa shape index (κ1) is 19.3. The first-order valence-electron chi connectivity index (χ1n) is 9.50. The number of Topliss-reactive ketones (excluding diaryl/α,β-unsaturated/α-hetero) is 2. The molecule has 5 nitrogen and oxygen atoms in total. The van der Waals surface area contributed by atoms with Crippen molar-refractivity contribution in [3.63, 3.8) is 0 Å². The van der Waals surface area contributed by atoms with Crippen LogP contribution in [0.3, 0.4) is 0 Å². The molecule has 1 atom stereocenters. The van der Waals surface area contributed by atoms with Crippen LogP contribution in [0.15, 0.2) is 96.6 Å². The van der Waals surface area contributed by atoms with Crippen LogP contribution in [0.4, 0.5) is 0 Å². The second kappa shape index (κ2) is 8.17. The molecule has 1 aliphatic heterocycles. The molecule has 3 aromatic rings. The topological polar surface area (TPSA) is 63.7 Å². The van der Waals surface area contributed by atoms with Crippen molar-refractivity contribution in [2.24, 2.45) is 0 Å². The highest BCUT2D eigenvalue weighted by Crippen LogP contribution is 2.36. The Labute approximate surface area is 174 Å². The minimum Gasteiger partial charge on any atom is -0.431 e. The van der Waals surface area contributed by atoms with Gasteiger partial charge >= 0.3 is 5.97 Å². The van der Waals surface area contributed by atoms with Crippen molar-refractivity contribution >= 4 is 23.2 Å². The first-order chi connectivity index (χ1) is 14.6. The van der Waals surface area contributed by atoms with E-state index in [-0.39, 0.29) is 5.57 Å². The monoisotopic (exact) mass is 397 g/mol. The van der Waals surface area contributed by atoms with Crippen molar-refractivity contribution < 1.29 is 19.1 Å². The molecule has 148 valence electrons. The van der Waals surface area contributed by atoms with Gasteiger partial charge in [0.25, 0.3) is 5.78 Å². The van der Waals surface area contributed by atoms with Gasteiger partial charge in [-0.1, -0.05) is 91.0 Å². The minimum absolute atomic E-state index is 0.196. The van der Waals surface area contributed by atoms with Crippen molar-refractivity contribution in [3.8, 4) is 0 Å². The molecule has 5 heteroatoms. The van der Waals surface area contributed by atoms with Crippen molar-refractivity contribution in [3.05, 3.63) is 113 Å². The van der Waals surface area contributed by atoms with E-state index in [2.05, 4.69) is 0 Å². The molecule has 0 aromatic heterocycles. The molecule has 0 saturated heterocycles. The van der Waals surface area contributed by atoms with Crippen LogP contribution in [0.2, 0.25) is 0 Å². The summed E-state index contributed by atoms with van der Waals surface area (Å²) < 4.78 is 5.53. The van der Waals surface area contributed by atoms with E-state index in [0.717, 1.165) is 0 Å². The highest BCUT2D eigenvalue weighted by atomic mass is 16.6. The molecule has 0 fully saturated rings. The summed E-state index contributed by atoms with van der Waals surface area (Å²) in [6.07, 6.45) is -0.848. The second-order valence-corrected chi connectivity index (χ2v) is 6.89. The minimum atomic E-state index is -1.05. The Morgan fingerprint density at radius 1 is 0.800 bits per heavy atom. The summed E-state index contributed by atoms with van der Waals surface area (Å²) in [7, 11) is 1.71. The molecule has 0 amide bonds. The van der Waals surface area contributed by atoms with Crippen LogP contribution in [-0.2, 0) is 14.3 Å². The van der Waals surface area contributed by atoms with Gasteiger partial charge in [-0.3, -0.25) is 9.59 Å². The number of hydrogen-bond donors (Lipinski definition) is 0. The molecular weight excluding hydrogens is 378 g/mol. The fourth-order valence-corrected chi connectivity index (χ4v) is 3.54. The van der Waals surface area contributed by atoms with Crippen molar-refractivity contribution in [2.75, 3.05) is 7.05 Å². The lowest BCUT2D eigenvalue weighted by molar-refractivity contribution is -0.160. The number of rotatable bonds is 4. The van der Waals surface area contributed by atoms with Gasteiger partial charge in [-0.15, -0.1) is 0 Å². The molecule has 4 rings (SSSR count). The molecule has 0 radical (unpaired) electrons. The third kappa shape index (κ3) is 3.53. The Morgan fingerprint density at radius 2 is 1.33 bits per heavy atom. The Morgan fingerprint density at radius 3 is 1.93 bits per heavy atom. The molecule has 0 bridgehead atoms. The quantitative estimate of drug-likeness (QED) is 0.288. The molecule has 0 spiro atoms. The van der Waals surface area contributed by atoms with Crippen LogP contribution in [-0.4, -0.2) is 29.5 Å². The zero-order valence-electron chi connectivity index (χ0n) is 16.3. The van der Waals surface area contributed by atoms with Gasteiger partial charge < -0.3 is 9.64 Å². The third-order valence-electron chi connectivity index (χ3n) is 4.97. The van der Waals surface area contributed by atoms with Gasteiger partial charge in [-0.05, 0) is 5.56 Å². The Hall–Kier alpha value is -3.99. The summed E-state index contributed by atoms with van der Waals surface area (Å²) in [6.45, 7) is 0. The summed E-state index contributed by atoms with van der Waals surface area (Å²) in [5.74, 6) is -2.52. The zero-order chi connectivity index (χ0) is 21.1. The third-order valence-corrected chi connectivity index (χ3v) is 4.97. The lowest BCUT2D eigenvalue weighted by Gasteiger charge is -2.30. The van der Waals surface area contributed by atoms with E-state index < -0.39 is 23.8 Å². The number of benzene rings is 3. The van der Waals surface area contributed by atoms with Crippen molar-refractivity contribution in [1.82, 2.24) is 4.90 Å². The Bertz CT molecular complexity index is 1120. The van der Waals surface area contributed by atoms with E-state index in [1.807, 2.05) is 48.5 Å². The number of hydrogen-bond acceptors (Lipinski definition) is 5. The van der Waals surface area contributed by atoms with Crippen molar-refractivity contribution in [1.29, 1.82) is 0 Å². The molecule has 3 aromatic carbocycles. The maximum atomic E-state index is 13.4. The van der Waals surface area contributed by atoms with E-state index in [1.54, 1.807) is 54.4 Å². The van der Waals surface area contributed by atoms with Crippen LogP contribution >= 0.6 is 0 Å². The lowest BCUT2D eigenvalue weighted by atomic mass is 9.94. The average Bonchev–Trinajstić information content (AvgIpc) is 2.90. The van der Waals surface area contributed by atoms with Crippen LogP contribution in [0.25, 0.3) is 5.70 Å². The molecule has 1 aliphatic rings. The smallest absolute Gasteiger partial charge is 0.382 e. The van der Waals surface area contributed by atoms with Crippen LogP contribution in [0, 0.1) is 0 Å². The van der Waals surface area contributed by atoms with Gasteiger partial charge in [0.05, 0.1) is 5.70 Å². The second-order valence-electron chi connectivity index (χ2n) is 6.89. The molecule has 0 aliphatic carbocycles. The number of nitrogens with zero attached hydrogens (tertiary/aromatic N) is 1. The number of carbonyl (C=O) groups excluding carboxylic acids is 3. The summed E-state index contributed by atoms with van der Waals surface area (Å²) in [5, 5.41) is 0. The summed E-state index contributed by atoms with van der Waals surface area (Å²) in [5.41, 5.74) is 1.83. The number of carbonyl (C=O) groups is 3. The summed E-state index contributed by atoms with van der Waals surface area (Å²) in [4.78, 5) is 40.8. The molecule has 1 unspecified atom stereocenters. The van der Waals surface area contributed by atoms with Gasteiger partial charge in [0.1, 0.15) is 5.57 Å². The lowest BCUT2D eigenvalue weighted by Crippen LogP contribution is -2.26. The molecule has 30 heavy (non-hydrogen) atoms. The zero-order valence-corrected chi connectivity index (χ0v) is 16.3. The summed E-state index contributed by atoms with van der Waals surface area (Å²) >= 11 is 0. The Kier molecular flexibility index (Phi) is 5.26. The highest BCUT2D eigenvalue weighted by molar-refractivity contribution is 6.51. The predicted octanol–water partition coefficient (Wildman–Crippen LogP) is 4.04. The largest absolute Gasteiger partial charge is 0.431 e. The number of ketones is 2. The van der Waals surface area contributed by atoms with Crippen LogP contribution in [0.1, 0.15) is 27.7 Å². The SMILES string of the molecule is CN1C(c2ccccc2)=C(C(=O)c2ccccc2)C(=O)C(=O)OC1c1ccccc1. The van der Waals surface area contributed by atoms with Crippen LogP contribution in [0.5, 0.6) is 0 Å². The van der Waals surface area contributed by atoms with Crippen LogP contribution < -0.4 is 0 Å². The highest BCUT2D eigenvalue weighted by Gasteiger charge is 2.39. The first-order valence-corrected chi connectivity index (χ1v) is 9.50. The van der Waals surface area contributed by atoms with Gasteiger partial charge in [-0.2, -0.15) is 0 Å². The fraction of sp³-hybridized carbons (Fsp3) is 0.0800. The van der Waals surface area contributed by atoms with E-state index in [4.69, 9.17) is 4.74 Å². The normalized spacial score (nSPS) is 16.8. The molecule has 1 heterocycles. The van der Waals surface area contributed by atoms with E-state index >= 15 is 0 Å².